The number of nitrogens with zero attached hydrogens (tertiary/aromatic N) is 2. The molecule has 4 heterocycles. The van der Waals surface area contributed by atoms with E-state index in [2.05, 4.69) is 4.90 Å². The van der Waals surface area contributed by atoms with Crippen LogP contribution in [0.1, 0.15) is 28.3 Å². The lowest BCUT2D eigenvalue weighted by atomic mass is 9.87. The molecule has 1 spiro atoms. The molecule has 0 unspecified atom stereocenters. The van der Waals surface area contributed by atoms with Crippen LogP contribution in [0.3, 0.4) is 0 Å². The van der Waals surface area contributed by atoms with Gasteiger partial charge in [-0.05, 0) is 38.1 Å². The van der Waals surface area contributed by atoms with Gasteiger partial charge in [0.1, 0.15) is 11.5 Å². The second kappa shape index (κ2) is 6.69. The number of carbonyl (C=O) groups excluding carboxylic acids is 1. The van der Waals surface area contributed by atoms with Gasteiger partial charge in [-0.2, -0.15) is 0 Å². The SMILES string of the molecule is Cc1occc1C(=O)N1CCOC[C@@]2(CCN(Cc3ccco3)C2)C1. The Hall–Kier alpha value is -2.05. The molecule has 6 nitrogen and oxygen atoms in total. The van der Waals surface area contributed by atoms with Gasteiger partial charge in [0.2, 0.25) is 0 Å². The van der Waals surface area contributed by atoms with Crippen molar-refractivity contribution in [2.45, 2.75) is 19.9 Å². The average molecular weight is 344 g/mol. The zero-order valence-corrected chi connectivity index (χ0v) is 14.6. The summed E-state index contributed by atoms with van der Waals surface area (Å²) < 4.78 is 16.6. The normalized spacial score (nSPS) is 24.8. The molecule has 0 N–H and O–H groups in total. The zero-order valence-electron chi connectivity index (χ0n) is 14.6. The molecule has 25 heavy (non-hydrogen) atoms. The Kier molecular flexibility index (Phi) is 4.39. The minimum Gasteiger partial charge on any atom is -0.469 e. The van der Waals surface area contributed by atoms with Crippen molar-refractivity contribution in [2.75, 3.05) is 39.4 Å². The maximum atomic E-state index is 12.9. The van der Waals surface area contributed by atoms with Gasteiger partial charge in [0.15, 0.2) is 0 Å². The molecule has 1 amide bonds. The molecule has 134 valence electrons. The van der Waals surface area contributed by atoms with E-state index < -0.39 is 0 Å². The molecule has 2 fully saturated rings. The third kappa shape index (κ3) is 3.37. The predicted molar refractivity (Wildman–Crippen MR) is 91.2 cm³/mol. The molecular weight excluding hydrogens is 320 g/mol. The van der Waals surface area contributed by atoms with Crippen LogP contribution in [0.5, 0.6) is 0 Å². The van der Waals surface area contributed by atoms with Gasteiger partial charge in [0.05, 0.1) is 37.8 Å². The van der Waals surface area contributed by atoms with Crippen LogP contribution in [0, 0.1) is 12.3 Å². The monoisotopic (exact) mass is 344 g/mol. The van der Waals surface area contributed by atoms with Crippen molar-refractivity contribution in [3.8, 4) is 0 Å². The number of rotatable bonds is 3. The fourth-order valence-corrected chi connectivity index (χ4v) is 3.98. The molecule has 4 rings (SSSR count). The fraction of sp³-hybridized carbons (Fsp3) is 0.526. The third-order valence-corrected chi connectivity index (χ3v) is 5.29. The van der Waals surface area contributed by atoms with Crippen LogP contribution < -0.4 is 0 Å². The van der Waals surface area contributed by atoms with Gasteiger partial charge in [-0.25, -0.2) is 0 Å². The summed E-state index contributed by atoms with van der Waals surface area (Å²) in [5.74, 6) is 1.70. The lowest BCUT2D eigenvalue weighted by molar-refractivity contribution is 0.0639. The maximum absolute atomic E-state index is 12.9. The van der Waals surface area contributed by atoms with Crippen molar-refractivity contribution >= 4 is 5.91 Å². The van der Waals surface area contributed by atoms with Crippen molar-refractivity contribution in [2.24, 2.45) is 5.41 Å². The number of ether oxygens (including phenoxy) is 1. The van der Waals surface area contributed by atoms with E-state index in [0.29, 0.717) is 31.1 Å². The second-order valence-corrected chi connectivity index (χ2v) is 7.21. The molecular formula is C19H24N2O4. The van der Waals surface area contributed by atoms with Crippen molar-refractivity contribution in [1.82, 2.24) is 9.80 Å². The van der Waals surface area contributed by atoms with Gasteiger partial charge in [-0.15, -0.1) is 0 Å². The molecule has 2 saturated heterocycles. The number of furan rings is 2. The minimum absolute atomic E-state index is 0.00358. The molecule has 2 aliphatic heterocycles. The number of hydrogen-bond donors (Lipinski definition) is 0. The molecule has 1 atom stereocenters. The van der Waals surface area contributed by atoms with Crippen LogP contribution in [0.15, 0.2) is 39.6 Å². The highest BCUT2D eigenvalue weighted by atomic mass is 16.5. The van der Waals surface area contributed by atoms with Crippen molar-refractivity contribution in [3.05, 3.63) is 47.8 Å². The Bertz CT molecular complexity index is 724. The van der Waals surface area contributed by atoms with Crippen LogP contribution in [0.2, 0.25) is 0 Å². The van der Waals surface area contributed by atoms with E-state index in [4.69, 9.17) is 13.6 Å². The summed E-state index contributed by atoms with van der Waals surface area (Å²) in [5, 5.41) is 0. The number of carbonyl (C=O) groups is 1. The van der Waals surface area contributed by atoms with Gasteiger partial charge >= 0.3 is 0 Å². The summed E-state index contributed by atoms with van der Waals surface area (Å²) in [4.78, 5) is 17.2. The van der Waals surface area contributed by atoms with Crippen LogP contribution in [-0.2, 0) is 11.3 Å². The standard InChI is InChI=1S/C19H24N2O4/c1-15-17(4-9-24-15)18(22)21-7-10-23-14-19(13-21)5-6-20(12-19)11-16-3-2-8-25-16/h2-4,8-9H,5-7,10-14H2,1H3/t19-/m1/s1. The Labute approximate surface area is 147 Å². The summed E-state index contributed by atoms with van der Waals surface area (Å²) >= 11 is 0. The van der Waals surface area contributed by atoms with E-state index in [9.17, 15) is 4.79 Å². The molecule has 0 radical (unpaired) electrons. The van der Waals surface area contributed by atoms with Crippen molar-refractivity contribution < 1.29 is 18.4 Å². The lowest BCUT2D eigenvalue weighted by Crippen LogP contribution is -2.43. The van der Waals surface area contributed by atoms with E-state index in [-0.39, 0.29) is 11.3 Å². The number of likely N-dealkylation sites (tertiary alicyclic amines) is 1. The first kappa shape index (κ1) is 16.4. The van der Waals surface area contributed by atoms with Crippen LogP contribution in [0.25, 0.3) is 0 Å². The lowest BCUT2D eigenvalue weighted by Gasteiger charge is -2.31. The molecule has 6 heteroatoms. The molecule has 0 aliphatic carbocycles. The third-order valence-electron chi connectivity index (χ3n) is 5.29. The zero-order chi connectivity index (χ0) is 17.3. The quantitative estimate of drug-likeness (QED) is 0.856. The van der Waals surface area contributed by atoms with Crippen molar-refractivity contribution in [3.63, 3.8) is 0 Å². The number of amides is 1. The summed E-state index contributed by atoms with van der Waals surface area (Å²) in [5.41, 5.74) is 0.652. The Balaban J connectivity index is 1.46. The summed E-state index contributed by atoms with van der Waals surface area (Å²) in [6.45, 7) is 7.20. The Morgan fingerprint density at radius 1 is 1.20 bits per heavy atom. The fourth-order valence-electron chi connectivity index (χ4n) is 3.98. The van der Waals surface area contributed by atoms with Crippen LogP contribution in [0.4, 0.5) is 0 Å². The maximum Gasteiger partial charge on any atom is 0.257 e. The molecule has 0 bridgehead atoms. The van der Waals surface area contributed by atoms with Gasteiger partial charge in [0.25, 0.3) is 5.91 Å². The highest BCUT2D eigenvalue weighted by molar-refractivity contribution is 5.95. The van der Waals surface area contributed by atoms with Gasteiger partial charge in [-0.3, -0.25) is 9.69 Å². The topological polar surface area (TPSA) is 59.1 Å². The first-order chi connectivity index (χ1) is 12.2. The number of aryl methyl sites for hydroxylation is 1. The predicted octanol–water partition coefficient (Wildman–Crippen LogP) is 2.55. The van der Waals surface area contributed by atoms with E-state index in [1.54, 1.807) is 18.6 Å². The first-order valence-corrected chi connectivity index (χ1v) is 8.81. The Morgan fingerprint density at radius 3 is 2.88 bits per heavy atom. The summed E-state index contributed by atoms with van der Waals surface area (Å²) in [6.07, 6.45) is 4.32. The van der Waals surface area contributed by atoms with E-state index in [1.165, 1.54) is 0 Å². The van der Waals surface area contributed by atoms with E-state index >= 15 is 0 Å². The van der Waals surface area contributed by atoms with Crippen molar-refractivity contribution in [1.29, 1.82) is 0 Å². The first-order valence-electron chi connectivity index (χ1n) is 8.81. The van der Waals surface area contributed by atoms with Gasteiger partial charge < -0.3 is 18.5 Å². The highest BCUT2D eigenvalue weighted by Crippen LogP contribution is 2.34. The van der Waals surface area contributed by atoms with Crippen LogP contribution >= 0.6 is 0 Å². The second-order valence-electron chi connectivity index (χ2n) is 7.21. The van der Waals surface area contributed by atoms with Gasteiger partial charge in [0, 0.05) is 25.0 Å². The molecule has 2 aromatic heterocycles. The number of hydrogen-bond acceptors (Lipinski definition) is 5. The summed E-state index contributed by atoms with van der Waals surface area (Å²) in [7, 11) is 0. The Morgan fingerprint density at radius 2 is 2.12 bits per heavy atom. The van der Waals surface area contributed by atoms with Crippen LogP contribution in [-0.4, -0.2) is 55.1 Å². The smallest absolute Gasteiger partial charge is 0.257 e. The average Bonchev–Trinajstić information content (AvgIpc) is 3.30. The largest absolute Gasteiger partial charge is 0.469 e. The van der Waals surface area contributed by atoms with Gasteiger partial charge in [-0.1, -0.05) is 0 Å². The molecule has 0 saturated carbocycles. The molecule has 2 aromatic rings. The van der Waals surface area contributed by atoms with E-state index in [1.807, 2.05) is 24.0 Å². The molecule has 0 aromatic carbocycles. The molecule has 2 aliphatic rings. The van der Waals surface area contributed by atoms with E-state index in [0.717, 1.165) is 38.4 Å². The minimum atomic E-state index is -0.00358. The highest BCUT2D eigenvalue weighted by Gasteiger charge is 2.42. The summed E-state index contributed by atoms with van der Waals surface area (Å²) in [6, 6.07) is 5.68.